The van der Waals surface area contributed by atoms with Crippen LogP contribution in [-0.2, 0) is 21.4 Å². The number of piperazine rings is 1. The first-order chi connectivity index (χ1) is 17.3. The zero-order valence-corrected chi connectivity index (χ0v) is 20.9. The molecule has 0 radical (unpaired) electrons. The average Bonchev–Trinajstić information content (AvgIpc) is 3.27. The molecule has 2 aromatic heterocycles. The number of benzene rings is 2. The van der Waals surface area contributed by atoms with E-state index in [0.29, 0.717) is 29.6 Å². The van der Waals surface area contributed by atoms with Crippen LogP contribution in [0, 0.1) is 0 Å². The highest BCUT2D eigenvalue weighted by atomic mass is 35.5. The van der Waals surface area contributed by atoms with Crippen molar-refractivity contribution in [2.75, 3.05) is 25.4 Å². The molecule has 4 aromatic rings. The normalized spacial score (nSPS) is 18.4. The van der Waals surface area contributed by atoms with E-state index in [9.17, 15) is 13.2 Å². The van der Waals surface area contributed by atoms with Gasteiger partial charge in [-0.05, 0) is 42.0 Å². The lowest BCUT2D eigenvalue weighted by molar-refractivity contribution is -0.114. The summed E-state index contributed by atoms with van der Waals surface area (Å²) in [6.45, 7) is 4.97. The molecule has 0 aliphatic carbocycles. The van der Waals surface area contributed by atoms with Crippen molar-refractivity contribution in [2.24, 2.45) is 0 Å². The van der Waals surface area contributed by atoms with Crippen LogP contribution < -0.4 is 5.73 Å². The third kappa shape index (κ3) is 4.48. The Morgan fingerprint density at radius 3 is 2.81 bits per heavy atom. The van der Waals surface area contributed by atoms with Gasteiger partial charge in [0.15, 0.2) is 0 Å². The fourth-order valence-electron chi connectivity index (χ4n) is 4.68. The summed E-state index contributed by atoms with van der Waals surface area (Å²) in [6.07, 6.45) is 3.63. The van der Waals surface area contributed by atoms with Crippen molar-refractivity contribution in [3.8, 4) is 0 Å². The Morgan fingerprint density at radius 2 is 2.03 bits per heavy atom. The first-order valence-corrected chi connectivity index (χ1v) is 13.3. The van der Waals surface area contributed by atoms with Gasteiger partial charge >= 0.3 is 0 Å². The van der Waals surface area contributed by atoms with Gasteiger partial charge in [0.2, 0.25) is 10.0 Å². The van der Waals surface area contributed by atoms with Gasteiger partial charge in [-0.15, -0.1) is 6.58 Å². The van der Waals surface area contributed by atoms with Crippen LogP contribution in [0.2, 0.25) is 5.02 Å². The number of nitrogens with two attached hydrogens (primary N) is 1. The number of fused-ring (bicyclic) bond motifs is 2. The maximum absolute atomic E-state index is 13.6. The Balaban J connectivity index is 1.35. The number of nitrogens with one attached hydrogen (secondary N) is 1. The summed E-state index contributed by atoms with van der Waals surface area (Å²) in [5, 5.41) is 1.17. The minimum atomic E-state index is -3.82. The number of halogens is 1. The Labute approximate surface area is 213 Å². The molecular weight excluding hydrogens is 500 g/mol. The van der Waals surface area contributed by atoms with E-state index in [1.165, 1.54) is 16.7 Å². The van der Waals surface area contributed by atoms with Gasteiger partial charge in [-0.25, -0.2) is 18.4 Å². The molecule has 3 N–H and O–H groups in total. The van der Waals surface area contributed by atoms with Gasteiger partial charge in [0.25, 0.3) is 0 Å². The molecule has 0 saturated carbocycles. The number of nitrogen functional groups attached to an aromatic ring is 1. The number of rotatable bonds is 7. The number of sulfonamides is 1. The molecule has 0 bridgehead atoms. The minimum Gasteiger partial charge on any atom is -0.383 e. The molecule has 1 saturated heterocycles. The molecule has 1 aliphatic heterocycles. The van der Waals surface area contributed by atoms with E-state index in [1.807, 2.05) is 29.2 Å². The van der Waals surface area contributed by atoms with Crippen molar-refractivity contribution in [3.05, 3.63) is 77.7 Å². The molecule has 3 heterocycles. The van der Waals surface area contributed by atoms with Crippen LogP contribution in [0.4, 0.5) is 5.82 Å². The monoisotopic (exact) mass is 524 g/mol. The quantitative estimate of drug-likeness (QED) is 0.280. The molecule has 5 rings (SSSR count). The highest BCUT2D eigenvalue weighted by molar-refractivity contribution is 7.89. The lowest BCUT2D eigenvalue weighted by Crippen LogP contribution is -2.55. The van der Waals surface area contributed by atoms with Crippen LogP contribution in [0.1, 0.15) is 16.5 Å². The standard InChI is InChI=1S/C25H25ClN6O3S/c1-2-24(23-11-17-10-18(26)4-6-21(17)30-23)36(34,35)32-8-7-31(19(13-32)14-33)12-16-3-5-20-22(9-16)28-15-29-25(20)27/h2-6,9-11,14-15,19,24,30H,1,7-8,12-13H2,(H2,27,28,29). The number of aldehydes is 1. The fraction of sp³-hybridized carbons (Fsp3) is 0.240. The van der Waals surface area contributed by atoms with Crippen molar-refractivity contribution in [2.45, 2.75) is 17.8 Å². The largest absolute Gasteiger partial charge is 0.383 e. The maximum atomic E-state index is 13.6. The highest BCUT2D eigenvalue weighted by Crippen LogP contribution is 2.31. The third-order valence-electron chi connectivity index (χ3n) is 6.58. The summed E-state index contributed by atoms with van der Waals surface area (Å²) in [4.78, 5) is 25.4. The van der Waals surface area contributed by atoms with Crippen molar-refractivity contribution < 1.29 is 13.2 Å². The van der Waals surface area contributed by atoms with Gasteiger partial charge in [-0.3, -0.25) is 4.90 Å². The second-order valence-corrected chi connectivity index (χ2v) is 11.3. The third-order valence-corrected chi connectivity index (χ3v) is 8.95. The lowest BCUT2D eigenvalue weighted by Gasteiger charge is -2.39. The molecule has 36 heavy (non-hydrogen) atoms. The molecule has 11 heteroatoms. The highest BCUT2D eigenvalue weighted by Gasteiger charge is 2.38. The van der Waals surface area contributed by atoms with Crippen LogP contribution in [0.15, 0.2) is 61.4 Å². The summed E-state index contributed by atoms with van der Waals surface area (Å²) in [5.41, 5.74) is 8.87. The number of aromatic amines is 1. The van der Waals surface area contributed by atoms with Gasteiger partial charge < -0.3 is 15.5 Å². The first-order valence-electron chi connectivity index (χ1n) is 11.4. The van der Waals surface area contributed by atoms with Gasteiger partial charge in [-0.2, -0.15) is 4.31 Å². The van der Waals surface area contributed by atoms with Gasteiger partial charge in [0.1, 0.15) is 23.7 Å². The predicted octanol–water partition coefficient (Wildman–Crippen LogP) is 3.29. The van der Waals surface area contributed by atoms with E-state index >= 15 is 0 Å². The van der Waals surface area contributed by atoms with E-state index in [4.69, 9.17) is 17.3 Å². The van der Waals surface area contributed by atoms with Crippen molar-refractivity contribution >= 4 is 55.5 Å². The number of H-pyrrole nitrogens is 1. The minimum absolute atomic E-state index is 0.0604. The van der Waals surface area contributed by atoms with E-state index < -0.39 is 21.3 Å². The number of hydrogen-bond acceptors (Lipinski definition) is 7. The topological polar surface area (TPSA) is 125 Å². The van der Waals surface area contributed by atoms with E-state index in [1.54, 1.807) is 18.2 Å². The zero-order chi connectivity index (χ0) is 25.4. The van der Waals surface area contributed by atoms with Crippen molar-refractivity contribution in [3.63, 3.8) is 0 Å². The van der Waals surface area contributed by atoms with Crippen LogP contribution in [0.5, 0.6) is 0 Å². The van der Waals surface area contributed by atoms with Crippen LogP contribution >= 0.6 is 11.6 Å². The van der Waals surface area contributed by atoms with Gasteiger partial charge in [0, 0.05) is 53.2 Å². The summed E-state index contributed by atoms with van der Waals surface area (Å²) in [7, 11) is -3.82. The molecule has 1 fully saturated rings. The van der Waals surface area contributed by atoms with Crippen LogP contribution in [0.3, 0.4) is 0 Å². The molecule has 186 valence electrons. The second kappa shape index (κ2) is 9.62. The summed E-state index contributed by atoms with van der Waals surface area (Å²) < 4.78 is 28.6. The molecule has 0 spiro atoms. The molecule has 2 unspecified atom stereocenters. The Morgan fingerprint density at radius 1 is 1.19 bits per heavy atom. The van der Waals surface area contributed by atoms with E-state index in [2.05, 4.69) is 21.5 Å². The number of aromatic nitrogens is 3. The molecular formula is C25H25ClN6O3S. The SMILES string of the molecule is C=CC(c1cc2cc(Cl)ccc2[nH]1)S(=O)(=O)N1CCN(Cc2ccc3c(N)ncnc3c2)C(C=O)C1. The Kier molecular flexibility index (Phi) is 6.52. The number of carbonyl (C=O) groups is 1. The predicted molar refractivity (Wildman–Crippen MR) is 141 cm³/mol. The van der Waals surface area contributed by atoms with Gasteiger partial charge in [-0.1, -0.05) is 23.7 Å². The van der Waals surface area contributed by atoms with Crippen molar-refractivity contribution in [1.82, 2.24) is 24.2 Å². The lowest BCUT2D eigenvalue weighted by atomic mass is 10.1. The fourth-order valence-corrected chi connectivity index (χ4v) is 6.57. The number of nitrogens with zero attached hydrogens (tertiary/aromatic N) is 4. The maximum Gasteiger partial charge on any atom is 0.226 e. The summed E-state index contributed by atoms with van der Waals surface area (Å²) >= 11 is 6.08. The molecule has 2 atom stereocenters. The van der Waals surface area contributed by atoms with Crippen LogP contribution in [-0.4, -0.2) is 64.5 Å². The van der Waals surface area contributed by atoms with Crippen molar-refractivity contribution in [1.29, 1.82) is 0 Å². The Hall–Kier alpha value is -3.31. The number of carbonyl (C=O) groups excluding carboxylic acids is 1. The molecule has 2 aromatic carbocycles. The first kappa shape index (κ1) is 24.4. The van der Waals surface area contributed by atoms with E-state index in [0.717, 1.165) is 33.7 Å². The van der Waals surface area contributed by atoms with E-state index in [-0.39, 0.29) is 13.1 Å². The summed E-state index contributed by atoms with van der Waals surface area (Å²) in [5.74, 6) is 0.408. The second-order valence-electron chi connectivity index (χ2n) is 8.80. The smallest absolute Gasteiger partial charge is 0.226 e. The number of anilines is 1. The van der Waals surface area contributed by atoms with Gasteiger partial charge in [0.05, 0.1) is 11.6 Å². The molecule has 1 aliphatic rings. The average molecular weight is 525 g/mol. The molecule has 0 amide bonds. The summed E-state index contributed by atoms with van der Waals surface area (Å²) in [6, 6.07) is 12.2. The van der Waals surface area contributed by atoms with Crippen LogP contribution in [0.25, 0.3) is 21.8 Å². The zero-order valence-electron chi connectivity index (χ0n) is 19.3. The Bertz CT molecular complexity index is 1570. The number of hydrogen-bond donors (Lipinski definition) is 2. The molecule has 9 nitrogen and oxygen atoms in total.